The number of aliphatic hydroxyl groups is 2. The van der Waals surface area contributed by atoms with Crippen LogP contribution in [0.1, 0.15) is 406 Å². The fourth-order valence-electron chi connectivity index (χ4n) is 12.7. The molecule has 0 aromatic heterocycles. The first-order valence-corrected chi connectivity index (χ1v) is 48.8. The van der Waals surface area contributed by atoms with Gasteiger partial charge in [0.15, 0.2) is 6.10 Å². The number of carbonyl (C=O) groups excluding carboxylic acids is 3. The number of ether oxygens (including phenoxy) is 3. The number of hydrogen-bond acceptors (Lipinski definition) is 14. The summed E-state index contributed by atoms with van der Waals surface area (Å²) in [5.74, 6) is -1.57. The van der Waals surface area contributed by atoms with Crippen molar-refractivity contribution in [3.05, 3.63) is 122 Å². The average molecular weight is 1630 g/mol. The molecule has 0 fully saturated rings. The molecule has 0 aliphatic heterocycles. The zero-order valence-electron chi connectivity index (χ0n) is 72.0. The average Bonchev–Trinajstić information content (AvgIpc) is 0.903. The van der Waals surface area contributed by atoms with Crippen molar-refractivity contribution in [2.45, 2.75) is 424 Å². The van der Waals surface area contributed by atoms with Crippen LogP contribution in [0.3, 0.4) is 0 Å². The summed E-state index contributed by atoms with van der Waals surface area (Å²) in [6, 6.07) is 0. The van der Waals surface area contributed by atoms with Crippen LogP contribution < -0.4 is 0 Å². The zero-order chi connectivity index (χ0) is 82.2. The second kappa shape index (κ2) is 87.3. The van der Waals surface area contributed by atoms with E-state index in [0.717, 1.165) is 135 Å². The molecule has 654 valence electrons. The van der Waals surface area contributed by atoms with E-state index in [4.69, 9.17) is 32.3 Å². The fourth-order valence-corrected chi connectivity index (χ4v) is 14.3. The first kappa shape index (κ1) is 109. The van der Waals surface area contributed by atoms with Gasteiger partial charge in [0.2, 0.25) is 0 Å². The zero-order valence-corrected chi connectivity index (χ0v) is 73.8. The van der Waals surface area contributed by atoms with E-state index >= 15 is 0 Å². The van der Waals surface area contributed by atoms with Crippen LogP contribution in [0.15, 0.2) is 122 Å². The van der Waals surface area contributed by atoms with Crippen LogP contribution in [0.4, 0.5) is 0 Å². The second-order valence-corrected chi connectivity index (χ2v) is 33.6. The van der Waals surface area contributed by atoms with Crippen molar-refractivity contribution in [1.29, 1.82) is 0 Å². The molecule has 0 saturated carbocycles. The molecule has 0 amide bonds. The summed E-state index contributed by atoms with van der Waals surface area (Å²) in [4.78, 5) is 58.9. The Bertz CT molecular complexity index is 2540. The molecule has 5 unspecified atom stereocenters. The van der Waals surface area contributed by atoms with Gasteiger partial charge in [-0.05, 0) is 135 Å². The molecule has 16 nitrogen and oxygen atoms in total. The maximum Gasteiger partial charge on any atom is 0.472 e. The van der Waals surface area contributed by atoms with Crippen molar-refractivity contribution in [1.82, 2.24) is 0 Å². The van der Waals surface area contributed by atoms with Crippen molar-refractivity contribution in [2.24, 2.45) is 0 Å². The predicted molar refractivity (Wildman–Crippen MR) is 473 cm³/mol. The van der Waals surface area contributed by atoms with Gasteiger partial charge in [-0.2, -0.15) is 0 Å². The van der Waals surface area contributed by atoms with E-state index in [1.807, 2.05) is 0 Å². The molecule has 0 saturated heterocycles. The van der Waals surface area contributed by atoms with Crippen LogP contribution in [0.2, 0.25) is 0 Å². The molecule has 0 spiro atoms. The van der Waals surface area contributed by atoms with E-state index < -0.39 is 91.5 Å². The van der Waals surface area contributed by atoms with Gasteiger partial charge in [-0.3, -0.25) is 32.5 Å². The highest BCUT2D eigenvalue weighted by Crippen LogP contribution is 2.45. The number of hydrogen-bond donors (Lipinski definition) is 4. The van der Waals surface area contributed by atoms with Crippen LogP contribution in [0, 0.1) is 0 Å². The smallest absolute Gasteiger partial charge is 0.463 e. The predicted octanol–water partition coefficient (Wildman–Crippen LogP) is 28.0. The molecule has 0 radical (unpaired) electrons. The summed E-state index contributed by atoms with van der Waals surface area (Å²) in [6.07, 6.45) is 107. The number of carbonyl (C=O) groups is 3. The van der Waals surface area contributed by atoms with E-state index in [1.54, 1.807) is 0 Å². The topological polar surface area (TPSA) is 231 Å². The highest BCUT2D eigenvalue weighted by atomic mass is 31.2. The van der Waals surface area contributed by atoms with Crippen molar-refractivity contribution in [3.8, 4) is 0 Å². The number of aliphatic hydroxyl groups excluding tert-OH is 2. The summed E-state index contributed by atoms with van der Waals surface area (Å²) in [5.41, 5.74) is 0. The van der Waals surface area contributed by atoms with Gasteiger partial charge in [0.25, 0.3) is 0 Å². The van der Waals surface area contributed by atoms with Gasteiger partial charge in [0, 0.05) is 19.3 Å². The highest BCUT2D eigenvalue weighted by molar-refractivity contribution is 7.47. The Kier molecular flexibility index (Phi) is 84.1. The molecule has 0 aromatic rings. The van der Waals surface area contributed by atoms with Crippen LogP contribution in [-0.2, 0) is 55.8 Å². The van der Waals surface area contributed by atoms with Crippen LogP contribution in [0.5, 0.6) is 0 Å². The van der Waals surface area contributed by atoms with E-state index in [0.29, 0.717) is 19.3 Å². The third kappa shape index (κ3) is 88.6. The number of phosphoric acid groups is 2. The molecule has 113 heavy (non-hydrogen) atoms. The number of esters is 3. The summed E-state index contributed by atoms with van der Waals surface area (Å²) in [5, 5.41) is 20.7. The molecule has 18 heteroatoms. The monoisotopic (exact) mass is 1630 g/mol. The third-order valence-electron chi connectivity index (χ3n) is 19.6. The normalized spacial score (nSPS) is 14.4. The van der Waals surface area contributed by atoms with E-state index in [9.17, 15) is 43.5 Å². The van der Waals surface area contributed by atoms with E-state index in [1.165, 1.54) is 212 Å². The number of phosphoric ester groups is 2. The Morgan fingerprint density at radius 2 is 0.469 bits per heavy atom. The molecular formula is C95H168O16P2. The first-order valence-electron chi connectivity index (χ1n) is 45.8. The molecule has 0 bridgehead atoms. The summed E-state index contributed by atoms with van der Waals surface area (Å²) in [6.45, 7) is 2.59. The van der Waals surface area contributed by atoms with Gasteiger partial charge in [0.05, 0.1) is 26.4 Å². The van der Waals surface area contributed by atoms with Crippen LogP contribution in [0.25, 0.3) is 0 Å². The molecule has 0 aliphatic rings. The molecule has 5 atom stereocenters. The summed E-state index contributed by atoms with van der Waals surface area (Å²) < 4.78 is 61.4. The Morgan fingerprint density at radius 1 is 0.257 bits per heavy atom. The molecule has 4 N–H and O–H groups in total. The Morgan fingerprint density at radius 3 is 0.770 bits per heavy atom. The van der Waals surface area contributed by atoms with Crippen molar-refractivity contribution < 1.29 is 75.8 Å². The molecule has 0 aromatic carbocycles. The fraction of sp³-hybridized carbons (Fsp3) is 0.758. The van der Waals surface area contributed by atoms with E-state index in [2.05, 4.69) is 142 Å². The lowest BCUT2D eigenvalue weighted by molar-refractivity contribution is -0.161. The Balaban J connectivity index is 4.44. The summed E-state index contributed by atoms with van der Waals surface area (Å²) in [7, 11) is -9.80. The lowest BCUT2D eigenvalue weighted by atomic mass is 10.0. The van der Waals surface area contributed by atoms with Crippen molar-refractivity contribution in [2.75, 3.05) is 39.6 Å². The van der Waals surface area contributed by atoms with Crippen molar-refractivity contribution >= 4 is 33.6 Å². The minimum absolute atomic E-state index is 0.0958. The molecular weight excluding hydrogens is 1460 g/mol. The lowest BCUT2D eigenvalue weighted by Crippen LogP contribution is -2.30. The molecule has 0 heterocycles. The van der Waals surface area contributed by atoms with Gasteiger partial charge in [-0.25, -0.2) is 9.13 Å². The maximum absolute atomic E-state index is 13.0. The van der Waals surface area contributed by atoms with E-state index in [-0.39, 0.29) is 19.3 Å². The minimum Gasteiger partial charge on any atom is -0.463 e. The van der Waals surface area contributed by atoms with Crippen molar-refractivity contribution in [3.63, 3.8) is 0 Å². The van der Waals surface area contributed by atoms with Gasteiger partial charge < -0.3 is 34.2 Å². The Labute approximate surface area is 691 Å². The third-order valence-corrected chi connectivity index (χ3v) is 21.5. The number of rotatable bonds is 87. The van der Waals surface area contributed by atoms with Gasteiger partial charge >= 0.3 is 33.6 Å². The SMILES string of the molecule is CC/C=C\C/C=C\C/C=C\C/C=C\C/C=C\CCCCCCCCCCCCCCCCCCCC(=O)OCC(O)COP(=O)(O)OCC(O)COP(=O)(O)OCC(COC(=O)CCCCCCCCCCCCCCC/C=C\C/C=C\C/C=C\C/C=C\CCCCC)OC(=O)CCCCCCC/C=C\CCCCCCCC. The quantitative estimate of drug-likeness (QED) is 0.0146. The van der Waals surface area contributed by atoms with Gasteiger partial charge in [-0.1, -0.05) is 373 Å². The largest absolute Gasteiger partial charge is 0.472 e. The van der Waals surface area contributed by atoms with Gasteiger partial charge in [0.1, 0.15) is 25.4 Å². The minimum atomic E-state index is -4.94. The Hall–Kier alpha value is -4.05. The number of allylic oxidation sites excluding steroid dienone is 20. The highest BCUT2D eigenvalue weighted by Gasteiger charge is 2.29. The van der Waals surface area contributed by atoms with Gasteiger partial charge in [-0.15, -0.1) is 0 Å². The maximum atomic E-state index is 13.0. The van der Waals surface area contributed by atoms with Crippen LogP contribution >= 0.6 is 15.6 Å². The lowest BCUT2D eigenvalue weighted by Gasteiger charge is -2.21. The first-order chi connectivity index (χ1) is 55.2. The summed E-state index contributed by atoms with van der Waals surface area (Å²) >= 11 is 0. The molecule has 0 rings (SSSR count). The number of unbranched alkanes of at least 4 members (excludes halogenated alkanes) is 44. The van der Waals surface area contributed by atoms with Crippen LogP contribution in [-0.4, -0.2) is 95.9 Å². The standard InChI is InChI=1S/C95H168O16P2/c1-4-7-10-13-16-19-22-25-28-30-32-34-36-38-40-42-43-44-45-47-49-50-52-54-56-58-61-63-66-69-72-75-78-81-93(98)105-84-90(96)85-107-112(101,102)108-86-91(97)87-109-113(103,104)110-89-92(111-95(100)83-80-77-74-71-68-65-60-27-24-21-18-15-12-9-6-3)88-106-94(99)82-79-76-73-70-67-64-62-59-57-55-53-51-48-46-41-39-37-35-33-31-29-26-23-20-17-14-11-8-5-2/h7,10,16-17,19-20,25-29,32-35,38-41,60,90-92,96-97H,4-6,8-9,11-15,18,21-24,30-31,36-37,42-59,61-89H2,1-3H3,(H,101,102)(H,103,104)/b10-7-,19-16-,20-17-,28-25-,29-26-,34-32-,35-33-,40-38-,41-39-,60-27-. The second-order valence-electron chi connectivity index (χ2n) is 30.7. The molecule has 0 aliphatic carbocycles.